The molecule has 5 nitrogen and oxygen atoms in total. The third-order valence-electron chi connectivity index (χ3n) is 4.59. The van der Waals surface area contributed by atoms with Crippen LogP contribution in [0, 0.1) is 5.92 Å². The first-order chi connectivity index (χ1) is 10.7. The summed E-state index contributed by atoms with van der Waals surface area (Å²) in [6.45, 7) is 1.74. The van der Waals surface area contributed by atoms with Gasteiger partial charge in [0.2, 0.25) is 5.91 Å². The van der Waals surface area contributed by atoms with Gasteiger partial charge in [-0.15, -0.1) is 0 Å². The van der Waals surface area contributed by atoms with Gasteiger partial charge < -0.3 is 16.0 Å². The van der Waals surface area contributed by atoms with Crippen LogP contribution in [-0.2, 0) is 11.2 Å². The van der Waals surface area contributed by atoms with Crippen molar-refractivity contribution < 1.29 is 4.79 Å². The monoisotopic (exact) mass is 300 g/mol. The topological polar surface area (TPSA) is 70.7 Å². The van der Waals surface area contributed by atoms with Gasteiger partial charge in [-0.2, -0.15) is 0 Å². The Kier molecular flexibility index (Phi) is 4.61. The molecule has 1 amide bonds. The van der Waals surface area contributed by atoms with Crippen LogP contribution in [0.3, 0.4) is 0 Å². The molecule has 1 aliphatic carbocycles. The van der Waals surface area contributed by atoms with Crippen molar-refractivity contribution in [1.82, 2.24) is 5.32 Å². The largest absolute Gasteiger partial charge is 0.370 e. The molecule has 0 saturated heterocycles. The zero-order valence-electron chi connectivity index (χ0n) is 12.9. The SMILES string of the molecule is NC(=NCC(=O)N1CCCc2ccccc21)NCC1CCC1. The number of aliphatic imine (C=N–C) groups is 1. The zero-order valence-corrected chi connectivity index (χ0v) is 12.9. The second kappa shape index (κ2) is 6.81. The lowest BCUT2D eigenvalue weighted by Crippen LogP contribution is -2.40. The first-order valence-electron chi connectivity index (χ1n) is 8.16. The number of anilines is 1. The average molecular weight is 300 g/mol. The Morgan fingerprint density at radius 1 is 1.32 bits per heavy atom. The summed E-state index contributed by atoms with van der Waals surface area (Å²) in [4.78, 5) is 18.4. The van der Waals surface area contributed by atoms with Crippen molar-refractivity contribution >= 4 is 17.6 Å². The molecular formula is C17H24N4O. The van der Waals surface area contributed by atoms with E-state index in [-0.39, 0.29) is 12.5 Å². The van der Waals surface area contributed by atoms with Crippen molar-refractivity contribution in [3.8, 4) is 0 Å². The van der Waals surface area contributed by atoms with Crippen LogP contribution in [0.15, 0.2) is 29.3 Å². The maximum Gasteiger partial charge on any atom is 0.248 e. The zero-order chi connectivity index (χ0) is 15.4. The molecular weight excluding hydrogens is 276 g/mol. The molecule has 3 rings (SSSR count). The fourth-order valence-electron chi connectivity index (χ4n) is 3.03. The van der Waals surface area contributed by atoms with E-state index in [9.17, 15) is 4.79 Å². The summed E-state index contributed by atoms with van der Waals surface area (Å²) in [5.74, 6) is 1.12. The molecule has 0 atom stereocenters. The number of rotatable bonds is 4. The van der Waals surface area contributed by atoms with Gasteiger partial charge in [0.15, 0.2) is 5.96 Å². The van der Waals surface area contributed by atoms with Crippen LogP contribution in [0.1, 0.15) is 31.2 Å². The molecule has 2 aliphatic rings. The van der Waals surface area contributed by atoms with E-state index >= 15 is 0 Å². The number of para-hydroxylation sites is 1. The first-order valence-corrected chi connectivity index (χ1v) is 8.16. The van der Waals surface area contributed by atoms with Crippen LogP contribution in [-0.4, -0.2) is 31.5 Å². The molecule has 1 aliphatic heterocycles. The average Bonchev–Trinajstić information content (AvgIpc) is 2.50. The van der Waals surface area contributed by atoms with E-state index in [1.807, 2.05) is 23.1 Å². The lowest BCUT2D eigenvalue weighted by molar-refractivity contribution is -0.117. The molecule has 1 heterocycles. The second-order valence-corrected chi connectivity index (χ2v) is 6.16. The van der Waals surface area contributed by atoms with Gasteiger partial charge in [0.05, 0.1) is 0 Å². The Balaban J connectivity index is 1.55. The van der Waals surface area contributed by atoms with E-state index in [4.69, 9.17) is 5.73 Å². The van der Waals surface area contributed by atoms with Crippen molar-refractivity contribution in [2.75, 3.05) is 24.5 Å². The number of benzene rings is 1. The van der Waals surface area contributed by atoms with E-state index in [2.05, 4.69) is 16.4 Å². The van der Waals surface area contributed by atoms with Crippen LogP contribution in [0.2, 0.25) is 0 Å². The van der Waals surface area contributed by atoms with Crippen LogP contribution < -0.4 is 16.0 Å². The highest BCUT2D eigenvalue weighted by atomic mass is 16.2. The molecule has 0 radical (unpaired) electrons. The summed E-state index contributed by atoms with van der Waals surface area (Å²) in [5, 5.41) is 3.12. The lowest BCUT2D eigenvalue weighted by atomic mass is 9.85. The molecule has 118 valence electrons. The molecule has 0 aromatic heterocycles. The molecule has 0 spiro atoms. The number of aryl methyl sites for hydroxylation is 1. The quantitative estimate of drug-likeness (QED) is 0.656. The number of amides is 1. The Hall–Kier alpha value is -2.04. The Morgan fingerprint density at radius 3 is 2.91 bits per heavy atom. The predicted octanol–water partition coefficient (Wildman–Crippen LogP) is 1.67. The highest BCUT2D eigenvalue weighted by molar-refractivity contribution is 5.97. The summed E-state index contributed by atoms with van der Waals surface area (Å²) in [5.41, 5.74) is 8.10. The molecule has 1 fully saturated rings. The smallest absolute Gasteiger partial charge is 0.248 e. The number of nitrogens with zero attached hydrogens (tertiary/aromatic N) is 2. The highest BCUT2D eigenvalue weighted by Gasteiger charge is 2.21. The third-order valence-corrected chi connectivity index (χ3v) is 4.59. The van der Waals surface area contributed by atoms with Crippen molar-refractivity contribution in [3.63, 3.8) is 0 Å². The van der Waals surface area contributed by atoms with Crippen molar-refractivity contribution in [2.24, 2.45) is 16.6 Å². The third kappa shape index (κ3) is 3.40. The fourth-order valence-corrected chi connectivity index (χ4v) is 3.03. The van der Waals surface area contributed by atoms with Gasteiger partial charge in [0.25, 0.3) is 0 Å². The molecule has 1 saturated carbocycles. The predicted molar refractivity (Wildman–Crippen MR) is 88.9 cm³/mol. The fraction of sp³-hybridized carbons (Fsp3) is 0.529. The van der Waals surface area contributed by atoms with Crippen LogP contribution >= 0.6 is 0 Å². The van der Waals surface area contributed by atoms with Gasteiger partial charge in [0.1, 0.15) is 6.54 Å². The molecule has 3 N–H and O–H groups in total. The first kappa shape index (κ1) is 14.9. The summed E-state index contributed by atoms with van der Waals surface area (Å²) < 4.78 is 0. The number of nitrogens with one attached hydrogen (secondary N) is 1. The number of guanidine groups is 1. The van der Waals surface area contributed by atoms with Crippen LogP contribution in [0.5, 0.6) is 0 Å². The molecule has 0 unspecified atom stereocenters. The van der Waals surface area contributed by atoms with E-state index in [0.29, 0.717) is 5.96 Å². The number of hydrogen-bond acceptors (Lipinski definition) is 2. The Bertz CT molecular complexity index is 566. The van der Waals surface area contributed by atoms with Crippen LogP contribution in [0.4, 0.5) is 5.69 Å². The van der Waals surface area contributed by atoms with Gasteiger partial charge >= 0.3 is 0 Å². The highest BCUT2D eigenvalue weighted by Crippen LogP contribution is 2.26. The van der Waals surface area contributed by atoms with Crippen molar-refractivity contribution in [1.29, 1.82) is 0 Å². The maximum absolute atomic E-state index is 12.4. The van der Waals surface area contributed by atoms with E-state index in [1.165, 1.54) is 24.8 Å². The van der Waals surface area contributed by atoms with E-state index in [0.717, 1.165) is 37.5 Å². The minimum atomic E-state index is 0.0144. The number of nitrogens with two attached hydrogens (primary N) is 1. The van der Waals surface area contributed by atoms with Gasteiger partial charge in [-0.3, -0.25) is 4.79 Å². The summed E-state index contributed by atoms with van der Waals surface area (Å²) in [7, 11) is 0. The normalized spacial score (nSPS) is 18.5. The van der Waals surface area contributed by atoms with Gasteiger partial charge in [0, 0.05) is 18.8 Å². The summed E-state index contributed by atoms with van der Waals surface area (Å²) >= 11 is 0. The van der Waals surface area contributed by atoms with E-state index < -0.39 is 0 Å². The number of carbonyl (C=O) groups excluding carboxylic acids is 1. The van der Waals surface area contributed by atoms with Gasteiger partial charge in [-0.25, -0.2) is 4.99 Å². The molecule has 5 heteroatoms. The maximum atomic E-state index is 12.4. The lowest BCUT2D eigenvalue weighted by Gasteiger charge is -2.29. The van der Waals surface area contributed by atoms with Crippen molar-refractivity contribution in [3.05, 3.63) is 29.8 Å². The number of hydrogen-bond donors (Lipinski definition) is 2. The Labute approximate surface area is 131 Å². The molecule has 1 aromatic carbocycles. The number of fused-ring (bicyclic) bond motifs is 1. The van der Waals surface area contributed by atoms with Crippen LogP contribution in [0.25, 0.3) is 0 Å². The minimum absolute atomic E-state index is 0.0144. The van der Waals surface area contributed by atoms with Crippen molar-refractivity contribution in [2.45, 2.75) is 32.1 Å². The van der Waals surface area contributed by atoms with Gasteiger partial charge in [-0.05, 0) is 43.2 Å². The standard InChI is InChI=1S/C17H24N4O/c18-17(19-11-13-5-3-6-13)20-12-16(22)21-10-4-8-14-7-1-2-9-15(14)21/h1-2,7,9,13H,3-6,8,10-12H2,(H3,18,19,20). The summed E-state index contributed by atoms with van der Waals surface area (Å²) in [6, 6.07) is 8.09. The minimum Gasteiger partial charge on any atom is -0.370 e. The van der Waals surface area contributed by atoms with E-state index in [1.54, 1.807) is 0 Å². The Morgan fingerprint density at radius 2 is 2.14 bits per heavy atom. The number of carbonyl (C=O) groups is 1. The molecule has 0 bridgehead atoms. The molecule has 22 heavy (non-hydrogen) atoms. The van der Waals surface area contributed by atoms with Gasteiger partial charge in [-0.1, -0.05) is 24.6 Å². The second-order valence-electron chi connectivity index (χ2n) is 6.16. The molecule has 1 aromatic rings. The summed E-state index contributed by atoms with van der Waals surface area (Å²) in [6.07, 6.45) is 5.89.